The second-order valence-corrected chi connectivity index (χ2v) is 8.10. The van der Waals surface area contributed by atoms with Crippen molar-refractivity contribution < 1.29 is 9.47 Å². The van der Waals surface area contributed by atoms with E-state index in [9.17, 15) is 4.53 Å². The average molecular weight is 356 g/mol. The van der Waals surface area contributed by atoms with Crippen LogP contribution in [0.2, 0.25) is 0 Å². The van der Waals surface area contributed by atoms with Gasteiger partial charge in [0.2, 0.25) is 0 Å². The maximum atomic E-state index is 11.9. The van der Waals surface area contributed by atoms with E-state index in [1.807, 2.05) is 11.8 Å². The molecule has 4 aromatic carbocycles. The Labute approximate surface area is 147 Å². The summed E-state index contributed by atoms with van der Waals surface area (Å²) in [5.74, 6) is 1.78. The lowest BCUT2D eigenvalue weighted by Crippen LogP contribution is -2.08. The topological polar surface area (TPSA) is 9.23 Å². The van der Waals surface area contributed by atoms with E-state index in [4.69, 9.17) is 0 Å². The minimum Gasteiger partial charge on any atom is -0.194 e. The third-order valence-corrected chi connectivity index (χ3v) is 6.43. The highest BCUT2D eigenvalue weighted by atomic mass is 32.2. The van der Waals surface area contributed by atoms with E-state index in [0.29, 0.717) is 0 Å². The number of hydrogen-bond donors (Lipinski definition) is 0. The second kappa shape index (κ2) is 6.84. The van der Waals surface area contributed by atoms with E-state index in [2.05, 4.69) is 68.8 Å². The molecule has 0 spiro atoms. The molecular formula is C20H18FOPS. The minimum atomic E-state index is 0.135. The summed E-state index contributed by atoms with van der Waals surface area (Å²) in [4.78, 5) is 3.72. The van der Waals surface area contributed by atoms with Gasteiger partial charge >= 0.3 is 0 Å². The van der Waals surface area contributed by atoms with E-state index in [1.165, 1.54) is 37.9 Å². The molecule has 0 radical (unpaired) electrons. The Morgan fingerprint density at radius 1 is 0.917 bits per heavy atom. The Bertz CT molecular complexity index is 971. The number of thioether (sulfide) groups is 1. The molecule has 0 aliphatic carbocycles. The van der Waals surface area contributed by atoms with E-state index >= 15 is 0 Å². The highest BCUT2D eigenvalue weighted by Gasteiger charge is 2.11. The van der Waals surface area contributed by atoms with Crippen molar-refractivity contribution in [1.29, 1.82) is 0 Å². The first-order valence-corrected chi connectivity index (χ1v) is 9.82. The van der Waals surface area contributed by atoms with Crippen molar-refractivity contribution in [3.8, 4) is 0 Å². The molecule has 0 bridgehead atoms. The summed E-state index contributed by atoms with van der Waals surface area (Å²) in [6.45, 7) is 0.135. The molecule has 122 valence electrons. The van der Waals surface area contributed by atoms with Crippen LogP contribution in [0.25, 0.3) is 32.3 Å². The molecule has 0 amide bonds. The molecule has 0 aliphatic rings. The smallest absolute Gasteiger partial charge is 0.0946 e. The molecule has 0 fully saturated rings. The van der Waals surface area contributed by atoms with Crippen molar-refractivity contribution >= 4 is 53.3 Å². The van der Waals surface area contributed by atoms with E-state index in [1.54, 1.807) is 0 Å². The van der Waals surface area contributed by atoms with Crippen LogP contribution in [0.1, 0.15) is 5.56 Å². The predicted octanol–water partition coefficient (Wildman–Crippen LogP) is 5.96. The molecule has 2 atom stereocenters. The van der Waals surface area contributed by atoms with Gasteiger partial charge in [-0.2, -0.15) is 16.7 Å². The van der Waals surface area contributed by atoms with Gasteiger partial charge in [0.25, 0.3) is 0 Å². The number of benzene rings is 4. The standard InChI is InChI=1S/C20H18FOPS/c21-22-10-17(23)12-24-11-16-7-6-15-5-4-13-2-1-3-14-8-9-18(16)20(15)19(13)14/h1-9,17H,10-12,23H2. The number of rotatable bonds is 6. The fraction of sp³-hybridized carbons (Fsp3) is 0.200. The molecule has 0 N–H and O–H groups in total. The lowest BCUT2D eigenvalue weighted by molar-refractivity contribution is -0.129. The summed E-state index contributed by atoms with van der Waals surface area (Å²) in [6, 6.07) is 19.8. The number of hydrogen-bond acceptors (Lipinski definition) is 2. The second-order valence-electron chi connectivity index (χ2n) is 6.13. The van der Waals surface area contributed by atoms with Crippen LogP contribution in [0.4, 0.5) is 4.53 Å². The van der Waals surface area contributed by atoms with Gasteiger partial charge in [-0.15, -0.1) is 9.24 Å². The minimum absolute atomic E-state index is 0.135. The van der Waals surface area contributed by atoms with Crippen LogP contribution < -0.4 is 0 Å². The summed E-state index contributed by atoms with van der Waals surface area (Å²) >= 11 is 1.82. The molecule has 4 aromatic rings. The zero-order valence-corrected chi connectivity index (χ0v) is 15.1. The SMILES string of the molecule is FOCC(P)CSCc1ccc2ccc3cccc4ccc1c2c34. The average Bonchev–Trinajstić information content (AvgIpc) is 2.61. The van der Waals surface area contributed by atoms with Crippen molar-refractivity contribution in [2.75, 3.05) is 12.4 Å². The van der Waals surface area contributed by atoms with Crippen molar-refractivity contribution in [3.05, 3.63) is 60.2 Å². The van der Waals surface area contributed by atoms with Crippen LogP contribution in [-0.4, -0.2) is 18.0 Å². The zero-order chi connectivity index (χ0) is 16.5. The molecule has 0 aromatic heterocycles. The van der Waals surface area contributed by atoms with Crippen molar-refractivity contribution in [3.63, 3.8) is 0 Å². The Morgan fingerprint density at radius 3 is 2.33 bits per heavy atom. The van der Waals surface area contributed by atoms with Gasteiger partial charge in [0.1, 0.15) is 0 Å². The first kappa shape index (κ1) is 16.1. The predicted molar refractivity (Wildman–Crippen MR) is 107 cm³/mol. The first-order chi connectivity index (χ1) is 11.8. The summed E-state index contributed by atoms with van der Waals surface area (Å²) in [5, 5.41) is 7.91. The van der Waals surface area contributed by atoms with Gasteiger partial charge in [-0.05, 0) is 42.4 Å². The fourth-order valence-corrected chi connectivity index (χ4v) is 4.84. The molecular weight excluding hydrogens is 338 g/mol. The molecule has 1 nitrogen and oxygen atoms in total. The molecule has 0 saturated carbocycles. The summed E-state index contributed by atoms with van der Waals surface area (Å²) in [6.07, 6.45) is 0. The third-order valence-electron chi connectivity index (χ3n) is 4.49. The quantitative estimate of drug-likeness (QED) is 0.311. The van der Waals surface area contributed by atoms with Gasteiger partial charge in [-0.3, -0.25) is 0 Å². The first-order valence-electron chi connectivity index (χ1n) is 8.00. The Kier molecular flexibility index (Phi) is 4.58. The Hall–Kier alpha value is -1.41. The largest absolute Gasteiger partial charge is 0.194 e. The van der Waals surface area contributed by atoms with Crippen LogP contribution in [0.15, 0.2) is 54.6 Å². The molecule has 24 heavy (non-hydrogen) atoms. The summed E-state index contributed by atoms with van der Waals surface area (Å²) in [5.41, 5.74) is 1.48. The van der Waals surface area contributed by atoms with Gasteiger partial charge in [-0.25, -0.2) is 0 Å². The van der Waals surface area contributed by atoms with Crippen LogP contribution in [0.5, 0.6) is 0 Å². The van der Waals surface area contributed by atoms with Crippen molar-refractivity contribution in [2.24, 2.45) is 0 Å². The Morgan fingerprint density at radius 2 is 1.58 bits per heavy atom. The molecule has 4 rings (SSSR count). The summed E-state index contributed by atoms with van der Waals surface area (Å²) in [7, 11) is 2.64. The number of halogens is 1. The third kappa shape index (κ3) is 2.86. The normalized spacial score (nSPS) is 13.2. The summed E-state index contributed by atoms with van der Waals surface area (Å²) < 4.78 is 11.9. The molecule has 0 heterocycles. The fourth-order valence-electron chi connectivity index (χ4n) is 3.37. The molecule has 0 aliphatic heterocycles. The van der Waals surface area contributed by atoms with Gasteiger partial charge < -0.3 is 0 Å². The Balaban J connectivity index is 1.74. The van der Waals surface area contributed by atoms with Crippen LogP contribution in [0.3, 0.4) is 0 Å². The molecule has 2 unspecified atom stereocenters. The van der Waals surface area contributed by atoms with Crippen molar-refractivity contribution in [2.45, 2.75) is 11.4 Å². The molecule has 0 saturated heterocycles. The van der Waals surface area contributed by atoms with Gasteiger partial charge in [-0.1, -0.05) is 54.6 Å². The van der Waals surface area contributed by atoms with E-state index in [-0.39, 0.29) is 12.3 Å². The van der Waals surface area contributed by atoms with E-state index in [0.717, 1.165) is 11.5 Å². The maximum absolute atomic E-state index is 11.9. The highest BCUT2D eigenvalue weighted by Crippen LogP contribution is 2.36. The monoisotopic (exact) mass is 356 g/mol. The highest BCUT2D eigenvalue weighted by molar-refractivity contribution is 7.98. The van der Waals surface area contributed by atoms with Gasteiger partial charge in [0.15, 0.2) is 0 Å². The van der Waals surface area contributed by atoms with Gasteiger partial charge in [0.05, 0.1) is 6.61 Å². The van der Waals surface area contributed by atoms with Crippen LogP contribution >= 0.6 is 21.0 Å². The van der Waals surface area contributed by atoms with E-state index < -0.39 is 0 Å². The van der Waals surface area contributed by atoms with Crippen LogP contribution in [0, 0.1) is 0 Å². The molecule has 4 heteroatoms. The maximum Gasteiger partial charge on any atom is 0.0946 e. The van der Waals surface area contributed by atoms with Crippen molar-refractivity contribution in [1.82, 2.24) is 0 Å². The van der Waals surface area contributed by atoms with Gasteiger partial charge in [0, 0.05) is 17.2 Å². The zero-order valence-electron chi connectivity index (χ0n) is 13.2. The van der Waals surface area contributed by atoms with Crippen LogP contribution in [-0.2, 0) is 10.7 Å². The lowest BCUT2D eigenvalue weighted by atomic mass is 9.92. The lowest BCUT2D eigenvalue weighted by Gasteiger charge is -2.14.